The molecular formula is C16H24ClN3O3S. The van der Waals surface area contributed by atoms with Crippen LogP contribution in [0.2, 0.25) is 5.02 Å². The van der Waals surface area contributed by atoms with E-state index in [2.05, 4.69) is 10.2 Å². The summed E-state index contributed by atoms with van der Waals surface area (Å²) < 4.78 is 22.3. The Labute approximate surface area is 148 Å². The molecule has 134 valence electrons. The Kier molecular flexibility index (Phi) is 6.62. The van der Waals surface area contributed by atoms with Crippen LogP contribution in [0.25, 0.3) is 0 Å². The highest BCUT2D eigenvalue weighted by molar-refractivity contribution is 7.90. The Bertz CT molecular complexity index is 664. The number of likely N-dealkylation sites (tertiary alicyclic amines) is 1. The van der Waals surface area contributed by atoms with Gasteiger partial charge in [0.15, 0.2) is 0 Å². The molecule has 1 heterocycles. The Balaban J connectivity index is 1.76. The van der Waals surface area contributed by atoms with Crippen molar-refractivity contribution in [3.05, 3.63) is 34.9 Å². The highest BCUT2D eigenvalue weighted by atomic mass is 35.5. The van der Waals surface area contributed by atoms with Gasteiger partial charge in [-0.15, -0.1) is 0 Å². The maximum absolute atomic E-state index is 12.1. The number of carbonyl (C=O) groups is 1. The van der Waals surface area contributed by atoms with Gasteiger partial charge < -0.3 is 11.1 Å². The van der Waals surface area contributed by atoms with Crippen LogP contribution in [0.15, 0.2) is 24.3 Å². The fourth-order valence-electron chi connectivity index (χ4n) is 2.72. The monoisotopic (exact) mass is 373 g/mol. The number of halogens is 1. The third kappa shape index (κ3) is 6.39. The van der Waals surface area contributed by atoms with E-state index in [4.69, 9.17) is 17.3 Å². The van der Waals surface area contributed by atoms with Crippen molar-refractivity contribution >= 4 is 27.3 Å². The topological polar surface area (TPSA) is 92.5 Å². The van der Waals surface area contributed by atoms with Gasteiger partial charge in [-0.25, -0.2) is 8.42 Å². The molecule has 24 heavy (non-hydrogen) atoms. The fourth-order valence-corrected chi connectivity index (χ4v) is 3.53. The van der Waals surface area contributed by atoms with Crippen LogP contribution in [0.3, 0.4) is 0 Å². The Morgan fingerprint density at radius 2 is 2.08 bits per heavy atom. The summed E-state index contributed by atoms with van der Waals surface area (Å²) in [4.78, 5) is 14.3. The van der Waals surface area contributed by atoms with Crippen molar-refractivity contribution in [1.29, 1.82) is 0 Å². The van der Waals surface area contributed by atoms with E-state index in [0.717, 1.165) is 32.3 Å². The Hall–Kier alpha value is -1.15. The largest absolute Gasteiger partial charge is 0.351 e. The molecule has 1 aliphatic rings. The number of nitrogens with one attached hydrogen (secondary N) is 1. The van der Waals surface area contributed by atoms with Gasteiger partial charge in [-0.1, -0.05) is 23.7 Å². The molecule has 1 aromatic rings. The molecule has 0 spiro atoms. The van der Waals surface area contributed by atoms with E-state index in [9.17, 15) is 13.2 Å². The van der Waals surface area contributed by atoms with Crippen LogP contribution in [0.5, 0.6) is 0 Å². The minimum absolute atomic E-state index is 0.0501. The van der Waals surface area contributed by atoms with Crippen LogP contribution in [0, 0.1) is 0 Å². The molecule has 1 saturated heterocycles. The lowest BCUT2D eigenvalue weighted by Crippen LogP contribution is -2.46. The number of nitrogens with two attached hydrogens (primary N) is 1. The number of hydrogen-bond donors (Lipinski definition) is 2. The van der Waals surface area contributed by atoms with Gasteiger partial charge in [-0.05, 0) is 30.5 Å². The number of rotatable bonds is 7. The van der Waals surface area contributed by atoms with Gasteiger partial charge in [-0.3, -0.25) is 9.69 Å². The molecule has 0 saturated carbocycles. The number of amides is 1. The zero-order valence-electron chi connectivity index (χ0n) is 13.7. The fraction of sp³-hybridized carbons (Fsp3) is 0.562. The smallest absolute Gasteiger partial charge is 0.237 e. The minimum atomic E-state index is -3.10. The van der Waals surface area contributed by atoms with Crippen molar-refractivity contribution in [3.63, 3.8) is 0 Å². The molecule has 0 radical (unpaired) electrons. The lowest BCUT2D eigenvalue weighted by molar-refractivity contribution is -0.123. The summed E-state index contributed by atoms with van der Waals surface area (Å²) >= 11 is 5.88. The maximum Gasteiger partial charge on any atom is 0.237 e. The van der Waals surface area contributed by atoms with Crippen molar-refractivity contribution in [2.45, 2.75) is 31.5 Å². The molecule has 1 unspecified atom stereocenters. The van der Waals surface area contributed by atoms with Crippen LogP contribution in [0.1, 0.15) is 18.4 Å². The zero-order valence-corrected chi connectivity index (χ0v) is 15.3. The molecule has 6 nitrogen and oxygen atoms in total. The summed E-state index contributed by atoms with van der Waals surface area (Å²) in [6, 6.07) is 6.99. The molecule has 0 aliphatic carbocycles. The average molecular weight is 374 g/mol. The van der Waals surface area contributed by atoms with E-state index in [-0.39, 0.29) is 24.1 Å². The van der Waals surface area contributed by atoms with Gasteiger partial charge >= 0.3 is 0 Å². The lowest BCUT2D eigenvalue weighted by atomic mass is 10.2. The van der Waals surface area contributed by atoms with E-state index in [1.54, 1.807) is 0 Å². The first-order valence-corrected chi connectivity index (χ1v) is 10.4. The summed E-state index contributed by atoms with van der Waals surface area (Å²) in [7, 11) is -3.10. The molecule has 0 aromatic heterocycles. The van der Waals surface area contributed by atoms with Gasteiger partial charge in [0.25, 0.3) is 0 Å². The third-order valence-electron chi connectivity index (χ3n) is 4.07. The van der Waals surface area contributed by atoms with Gasteiger partial charge in [0.2, 0.25) is 5.91 Å². The lowest BCUT2D eigenvalue weighted by Gasteiger charge is -2.18. The number of benzene rings is 1. The van der Waals surface area contributed by atoms with E-state index in [0.29, 0.717) is 5.02 Å². The van der Waals surface area contributed by atoms with Crippen molar-refractivity contribution in [2.24, 2.45) is 5.73 Å². The quantitative estimate of drug-likeness (QED) is 0.737. The number of nitrogens with zero attached hydrogens (tertiary/aromatic N) is 1. The van der Waals surface area contributed by atoms with Crippen LogP contribution in [-0.4, -0.2) is 56.4 Å². The number of sulfone groups is 1. The van der Waals surface area contributed by atoms with E-state index in [1.807, 2.05) is 24.3 Å². The number of hydrogen-bond acceptors (Lipinski definition) is 5. The summed E-state index contributed by atoms with van der Waals surface area (Å²) in [6.07, 6.45) is 2.15. The van der Waals surface area contributed by atoms with Gasteiger partial charge in [0.05, 0.1) is 11.8 Å². The van der Waals surface area contributed by atoms with Crippen LogP contribution in [-0.2, 0) is 21.2 Å². The molecule has 1 amide bonds. The maximum atomic E-state index is 12.1. The van der Waals surface area contributed by atoms with Gasteiger partial charge in [0, 0.05) is 37.0 Å². The Morgan fingerprint density at radius 3 is 2.71 bits per heavy atom. The highest BCUT2D eigenvalue weighted by Crippen LogP contribution is 2.16. The molecule has 3 N–H and O–H groups in total. The first-order chi connectivity index (χ1) is 11.2. The highest BCUT2D eigenvalue weighted by Gasteiger charge is 2.26. The van der Waals surface area contributed by atoms with Gasteiger partial charge in [-0.2, -0.15) is 0 Å². The van der Waals surface area contributed by atoms with Crippen molar-refractivity contribution in [1.82, 2.24) is 10.2 Å². The SMILES string of the molecule is CS(=O)(=O)CC[C@H](N)C(=O)NC1CCN(Cc2ccc(Cl)cc2)C1. The van der Waals surface area contributed by atoms with E-state index < -0.39 is 15.9 Å². The van der Waals surface area contributed by atoms with Crippen molar-refractivity contribution in [2.75, 3.05) is 25.1 Å². The summed E-state index contributed by atoms with van der Waals surface area (Å²) in [5.41, 5.74) is 6.95. The van der Waals surface area contributed by atoms with Crippen LogP contribution >= 0.6 is 11.6 Å². The summed E-state index contributed by atoms with van der Waals surface area (Å²) in [6.45, 7) is 2.46. The molecule has 1 fully saturated rings. The molecule has 1 aromatic carbocycles. The standard InChI is InChI=1S/C16H24ClN3O3S/c1-24(22,23)9-7-15(18)16(21)19-14-6-8-20(11-14)10-12-2-4-13(17)5-3-12/h2-5,14-15H,6-11,18H2,1H3,(H,19,21)/t14?,15-/m0/s1. The normalized spacial score (nSPS) is 20.0. The van der Waals surface area contributed by atoms with E-state index in [1.165, 1.54) is 5.56 Å². The molecule has 8 heteroatoms. The summed E-state index contributed by atoms with van der Waals surface area (Å²) in [5.74, 6) is -0.355. The first kappa shape index (κ1) is 19.2. The molecule has 2 atom stereocenters. The average Bonchev–Trinajstić information content (AvgIpc) is 2.93. The molecule has 1 aliphatic heterocycles. The molecule has 0 bridgehead atoms. The second kappa shape index (κ2) is 8.29. The third-order valence-corrected chi connectivity index (χ3v) is 5.30. The number of carbonyl (C=O) groups excluding carboxylic acids is 1. The second-order valence-electron chi connectivity index (χ2n) is 6.38. The van der Waals surface area contributed by atoms with Crippen molar-refractivity contribution < 1.29 is 13.2 Å². The van der Waals surface area contributed by atoms with Gasteiger partial charge in [0.1, 0.15) is 9.84 Å². The molecule has 2 rings (SSSR count). The van der Waals surface area contributed by atoms with Crippen LogP contribution < -0.4 is 11.1 Å². The first-order valence-electron chi connectivity index (χ1n) is 7.93. The van der Waals surface area contributed by atoms with E-state index >= 15 is 0 Å². The predicted molar refractivity (Wildman–Crippen MR) is 95.6 cm³/mol. The summed E-state index contributed by atoms with van der Waals surface area (Å²) in [5, 5.41) is 3.63. The Morgan fingerprint density at radius 1 is 1.42 bits per heavy atom. The zero-order chi connectivity index (χ0) is 17.7. The van der Waals surface area contributed by atoms with Crippen LogP contribution in [0.4, 0.5) is 0 Å². The molecular weight excluding hydrogens is 350 g/mol. The predicted octanol–water partition coefficient (Wildman–Crippen LogP) is 0.793. The van der Waals surface area contributed by atoms with Crippen molar-refractivity contribution in [3.8, 4) is 0 Å². The second-order valence-corrected chi connectivity index (χ2v) is 9.08. The minimum Gasteiger partial charge on any atom is -0.351 e.